The van der Waals surface area contributed by atoms with Crippen molar-refractivity contribution in [3.8, 4) is 17.0 Å². The molecule has 0 fully saturated rings. The van der Waals surface area contributed by atoms with Gasteiger partial charge in [-0.1, -0.05) is 26.0 Å². The quantitative estimate of drug-likeness (QED) is 0.643. The number of ether oxygens (including phenoxy) is 1. The lowest BCUT2D eigenvalue weighted by molar-refractivity contribution is -0.690. The second-order valence-electron chi connectivity index (χ2n) is 7.87. The number of anilines is 1. The Morgan fingerprint density at radius 2 is 1.86 bits per heavy atom. The topological polar surface area (TPSA) is 47.1 Å². The molecule has 0 bridgehead atoms. The summed E-state index contributed by atoms with van der Waals surface area (Å²) in [4.78, 5) is 12.7. The average molecular weight is 391 g/mol. The molecule has 0 spiro atoms. The summed E-state index contributed by atoms with van der Waals surface area (Å²) in [6.07, 6.45) is 4.20. The molecule has 0 atom stereocenters. The van der Waals surface area contributed by atoms with E-state index in [4.69, 9.17) is 4.74 Å². The van der Waals surface area contributed by atoms with Crippen LogP contribution in [0.15, 0.2) is 54.7 Å². The Morgan fingerprint density at radius 3 is 2.52 bits per heavy atom. The summed E-state index contributed by atoms with van der Waals surface area (Å²) in [6, 6.07) is 16.2. The number of benzene rings is 2. The van der Waals surface area contributed by atoms with E-state index in [1.165, 1.54) is 11.4 Å². The van der Waals surface area contributed by atoms with E-state index in [1.807, 2.05) is 24.3 Å². The molecule has 150 valence electrons. The Morgan fingerprint density at radius 1 is 1.14 bits per heavy atom. The standard InChI is InChI=1S/C24H27N3O2/c1-17(2)18-6-10-20(11-7-18)25-23(28)16-26-15-22(27-14-4-5-24(26)27)19-8-12-21(29-3)13-9-19/h6-13,15,17H,4-5,14,16H2,1-3H3/p+1. The van der Waals surface area contributed by atoms with Gasteiger partial charge in [-0.2, -0.15) is 0 Å². The third kappa shape index (κ3) is 4.04. The van der Waals surface area contributed by atoms with Crippen LogP contribution in [0.2, 0.25) is 0 Å². The molecule has 1 N–H and O–H groups in total. The molecule has 0 aliphatic carbocycles. The monoisotopic (exact) mass is 390 g/mol. The highest BCUT2D eigenvalue weighted by atomic mass is 16.5. The summed E-state index contributed by atoms with van der Waals surface area (Å²) < 4.78 is 9.68. The number of rotatable bonds is 6. The minimum absolute atomic E-state index is 0.00567. The molecule has 1 aliphatic rings. The lowest BCUT2D eigenvalue weighted by Gasteiger charge is -2.08. The molecule has 0 saturated carbocycles. The summed E-state index contributed by atoms with van der Waals surface area (Å²) in [5.74, 6) is 2.53. The van der Waals surface area contributed by atoms with Gasteiger partial charge in [0.2, 0.25) is 0 Å². The van der Waals surface area contributed by atoms with Crippen molar-refractivity contribution in [2.24, 2.45) is 0 Å². The van der Waals surface area contributed by atoms with Gasteiger partial charge < -0.3 is 10.1 Å². The van der Waals surface area contributed by atoms with Crippen molar-refractivity contribution < 1.29 is 14.1 Å². The number of imidazole rings is 1. The number of hydrogen-bond acceptors (Lipinski definition) is 2. The maximum absolute atomic E-state index is 12.7. The van der Waals surface area contributed by atoms with Gasteiger partial charge in [0, 0.05) is 11.3 Å². The fourth-order valence-corrected chi connectivity index (χ4v) is 3.94. The van der Waals surface area contributed by atoms with E-state index in [-0.39, 0.29) is 5.91 Å². The number of nitrogens with one attached hydrogen (secondary N) is 1. The number of hydrogen-bond donors (Lipinski definition) is 1. The van der Waals surface area contributed by atoms with Crippen LogP contribution < -0.4 is 14.6 Å². The molecule has 5 heteroatoms. The van der Waals surface area contributed by atoms with Gasteiger partial charge in [-0.3, -0.25) is 4.79 Å². The van der Waals surface area contributed by atoms with Crippen LogP contribution in [0.5, 0.6) is 5.75 Å². The first kappa shape index (κ1) is 19.2. The third-order valence-corrected chi connectivity index (χ3v) is 5.55. The van der Waals surface area contributed by atoms with Gasteiger partial charge in [-0.25, -0.2) is 9.13 Å². The molecule has 2 heterocycles. The van der Waals surface area contributed by atoms with E-state index in [0.29, 0.717) is 12.5 Å². The van der Waals surface area contributed by atoms with Crippen molar-refractivity contribution >= 4 is 11.6 Å². The van der Waals surface area contributed by atoms with Crippen LogP contribution in [0.25, 0.3) is 11.3 Å². The predicted molar refractivity (Wildman–Crippen MR) is 114 cm³/mol. The number of fused-ring (bicyclic) bond motifs is 1. The molecule has 0 unspecified atom stereocenters. The molecule has 5 nitrogen and oxygen atoms in total. The van der Waals surface area contributed by atoms with Gasteiger partial charge in [0.15, 0.2) is 12.2 Å². The number of amides is 1. The molecular formula is C24H28N3O2+. The highest BCUT2D eigenvalue weighted by molar-refractivity contribution is 5.89. The zero-order chi connectivity index (χ0) is 20.4. The lowest BCUT2D eigenvalue weighted by atomic mass is 10.0. The van der Waals surface area contributed by atoms with Gasteiger partial charge in [-0.05, 0) is 54.3 Å². The van der Waals surface area contributed by atoms with Crippen LogP contribution in [-0.2, 0) is 24.3 Å². The number of carbonyl (C=O) groups excluding carboxylic acids is 1. The summed E-state index contributed by atoms with van der Waals surface area (Å²) in [7, 11) is 1.67. The van der Waals surface area contributed by atoms with E-state index in [0.717, 1.165) is 42.1 Å². The predicted octanol–water partition coefficient (Wildman–Crippen LogP) is 4.16. The minimum atomic E-state index is -0.00567. The smallest absolute Gasteiger partial charge is 0.266 e. The highest BCUT2D eigenvalue weighted by Crippen LogP contribution is 2.26. The largest absolute Gasteiger partial charge is 0.497 e. The molecule has 1 amide bonds. The number of nitrogens with zero attached hydrogens (tertiary/aromatic N) is 2. The highest BCUT2D eigenvalue weighted by Gasteiger charge is 2.29. The molecule has 1 aromatic heterocycles. The second kappa shape index (κ2) is 8.11. The maximum atomic E-state index is 12.7. The summed E-state index contributed by atoms with van der Waals surface area (Å²) in [5.41, 5.74) is 4.39. The molecule has 1 aliphatic heterocycles. The molecule has 3 aromatic rings. The Balaban J connectivity index is 1.52. The molecule has 0 saturated heterocycles. The molecule has 4 rings (SSSR count). The van der Waals surface area contributed by atoms with Crippen LogP contribution in [0.4, 0.5) is 5.69 Å². The Hall–Kier alpha value is -3.08. The third-order valence-electron chi connectivity index (χ3n) is 5.55. The average Bonchev–Trinajstić information content (AvgIpc) is 3.32. The maximum Gasteiger partial charge on any atom is 0.266 e. The molecule has 2 aromatic carbocycles. The first-order valence-corrected chi connectivity index (χ1v) is 10.2. The van der Waals surface area contributed by atoms with Crippen molar-refractivity contribution in [2.75, 3.05) is 12.4 Å². The molecule has 29 heavy (non-hydrogen) atoms. The summed E-state index contributed by atoms with van der Waals surface area (Å²) >= 11 is 0. The Bertz CT molecular complexity index is 1000. The van der Waals surface area contributed by atoms with Crippen molar-refractivity contribution in [1.82, 2.24) is 4.57 Å². The molecule has 0 radical (unpaired) electrons. The van der Waals surface area contributed by atoms with E-state index < -0.39 is 0 Å². The van der Waals surface area contributed by atoms with Crippen molar-refractivity contribution in [2.45, 2.75) is 45.7 Å². The van der Waals surface area contributed by atoms with E-state index in [2.05, 4.69) is 58.8 Å². The van der Waals surface area contributed by atoms with Gasteiger partial charge in [0.1, 0.15) is 11.9 Å². The number of aromatic nitrogens is 2. The van der Waals surface area contributed by atoms with Crippen LogP contribution in [0.1, 0.15) is 37.6 Å². The number of carbonyl (C=O) groups is 1. The van der Waals surface area contributed by atoms with E-state index >= 15 is 0 Å². The zero-order valence-electron chi connectivity index (χ0n) is 17.3. The molecular weight excluding hydrogens is 362 g/mol. The van der Waals surface area contributed by atoms with Crippen LogP contribution in [0, 0.1) is 0 Å². The van der Waals surface area contributed by atoms with Gasteiger partial charge >= 0.3 is 0 Å². The van der Waals surface area contributed by atoms with Gasteiger partial charge in [0.05, 0.1) is 20.1 Å². The van der Waals surface area contributed by atoms with Crippen LogP contribution >= 0.6 is 0 Å². The Labute approximate surface area is 171 Å². The van der Waals surface area contributed by atoms with Crippen molar-refractivity contribution in [3.05, 3.63) is 66.1 Å². The second-order valence-corrected chi connectivity index (χ2v) is 7.87. The first-order valence-electron chi connectivity index (χ1n) is 10.2. The normalized spacial score (nSPS) is 12.8. The summed E-state index contributed by atoms with van der Waals surface area (Å²) in [6.45, 7) is 5.63. The van der Waals surface area contributed by atoms with Gasteiger partial charge in [-0.15, -0.1) is 0 Å². The lowest BCUT2D eigenvalue weighted by Crippen LogP contribution is -2.42. The number of methoxy groups -OCH3 is 1. The van der Waals surface area contributed by atoms with Gasteiger partial charge in [0.25, 0.3) is 11.7 Å². The van der Waals surface area contributed by atoms with E-state index in [9.17, 15) is 4.79 Å². The summed E-state index contributed by atoms with van der Waals surface area (Å²) in [5, 5.41) is 3.03. The zero-order valence-corrected chi connectivity index (χ0v) is 17.3. The van der Waals surface area contributed by atoms with Crippen molar-refractivity contribution in [1.29, 1.82) is 0 Å². The Kier molecular flexibility index (Phi) is 5.38. The van der Waals surface area contributed by atoms with Crippen LogP contribution in [-0.4, -0.2) is 17.6 Å². The SMILES string of the molecule is COc1ccc(-c2c[n+](CC(=O)Nc3ccc(C(C)C)cc3)c3n2CCC3)cc1. The fraction of sp³-hybridized carbons (Fsp3) is 0.333. The van der Waals surface area contributed by atoms with Crippen LogP contribution in [0.3, 0.4) is 0 Å². The fourth-order valence-electron chi connectivity index (χ4n) is 3.94. The minimum Gasteiger partial charge on any atom is -0.497 e. The first-order chi connectivity index (χ1) is 14.0. The van der Waals surface area contributed by atoms with Crippen molar-refractivity contribution in [3.63, 3.8) is 0 Å². The van der Waals surface area contributed by atoms with E-state index in [1.54, 1.807) is 7.11 Å².